The molecule has 0 atom stereocenters. The van der Waals surface area contributed by atoms with Crippen molar-refractivity contribution >= 4 is 21.8 Å². The van der Waals surface area contributed by atoms with Crippen LogP contribution < -0.4 is 0 Å². The van der Waals surface area contributed by atoms with E-state index in [-0.39, 0.29) is 5.91 Å². The van der Waals surface area contributed by atoms with Gasteiger partial charge in [-0.15, -0.1) is 0 Å². The Bertz CT molecular complexity index is 384. The van der Waals surface area contributed by atoms with Gasteiger partial charge in [0.25, 0.3) is 5.91 Å². The predicted molar refractivity (Wildman–Crippen MR) is 69.8 cm³/mol. The van der Waals surface area contributed by atoms with E-state index in [4.69, 9.17) is 0 Å². The molecule has 0 aliphatic heterocycles. The summed E-state index contributed by atoms with van der Waals surface area (Å²) in [5.41, 5.74) is -0.514. The molecule has 5 heteroatoms. The minimum Gasteiger partial charge on any atom is -0.389 e. The number of likely N-dealkylation sites (N-methyl/N-ethyl adjacent to an activating group) is 1. The van der Waals surface area contributed by atoms with Gasteiger partial charge < -0.3 is 10.0 Å². The molecule has 1 heterocycles. The largest absolute Gasteiger partial charge is 0.389 e. The van der Waals surface area contributed by atoms with Crippen molar-refractivity contribution in [2.24, 2.45) is 0 Å². The second kappa shape index (κ2) is 5.60. The summed E-state index contributed by atoms with van der Waals surface area (Å²) < 4.78 is 0.833. The number of carbonyl (C=O) groups is 1. The van der Waals surface area contributed by atoms with Crippen LogP contribution in [0, 0.1) is 0 Å². The molecule has 0 saturated heterocycles. The van der Waals surface area contributed by atoms with Crippen LogP contribution >= 0.6 is 15.9 Å². The zero-order valence-corrected chi connectivity index (χ0v) is 11.9. The number of amides is 1. The Morgan fingerprint density at radius 1 is 1.53 bits per heavy atom. The number of hydrogen-bond acceptors (Lipinski definition) is 3. The highest BCUT2D eigenvalue weighted by molar-refractivity contribution is 9.10. The lowest BCUT2D eigenvalue weighted by molar-refractivity contribution is 0.0311. The van der Waals surface area contributed by atoms with Gasteiger partial charge in [-0.25, -0.2) is 4.98 Å². The third-order valence-electron chi connectivity index (χ3n) is 2.19. The van der Waals surface area contributed by atoms with E-state index in [2.05, 4.69) is 20.9 Å². The van der Waals surface area contributed by atoms with E-state index in [9.17, 15) is 9.90 Å². The molecule has 0 fully saturated rings. The molecule has 0 unspecified atom stereocenters. The third-order valence-corrected chi connectivity index (χ3v) is 2.66. The first kappa shape index (κ1) is 14.1. The van der Waals surface area contributed by atoms with Gasteiger partial charge >= 0.3 is 0 Å². The SMILES string of the molecule is CCN(CC(C)(C)O)C(=O)c1ccc(Br)cn1. The van der Waals surface area contributed by atoms with Crippen molar-refractivity contribution in [3.8, 4) is 0 Å². The monoisotopic (exact) mass is 300 g/mol. The standard InChI is InChI=1S/C12H17BrN2O2/c1-4-15(8-12(2,3)17)11(16)10-6-5-9(13)7-14-10/h5-7,17H,4,8H2,1-3H3. The van der Waals surface area contributed by atoms with E-state index < -0.39 is 5.60 Å². The van der Waals surface area contributed by atoms with Gasteiger partial charge in [0.1, 0.15) is 5.69 Å². The molecule has 17 heavy (non-hydrogen) atoms. The highest BCUT2D eigenvalue weighted by Gasteiger charge is 2.22. The topological polar surface area (TPSA) is 53.4 Å². The van der Waals surface area contributed by atoms with Crippen LogP contribution in [0.4, 0.5) is 0 Å². The summed E-state index contributed by atoms with van der Waals surface area (Å²) in [6, 6.07) is 3.44. The Labute approximate surface area is 110 Å². The molecule has 1 aromatic rings. The summed E-state index contributed by atoms with van der Waals surface area (Å²) in [5, 5.41) is 9.74. The molecule has 0 spiro atoms. The molecular weight excluding hydrogens is 284 g/mol. The minimum atomic E-state index is -0.902. The number of nitrogens with zero attached hydrogens (tertiary/aromatic N) is 2. The van der Waals surface area contributed by atoms with Crippen LogP contribution in [-0.2, 0) is 0 Å². The fourth-order valence-corrected chi connectivity index (χ4v) is 1.69. The lowest BCUT2D eigenvalue weighted by Gasteiger charge is -2.27. The Kier molecular flexibility index (Phi) is 4.65. The number of aliphatic hydroxyl groups is 1. The quantitative estimate of drug-likeness (QED) is 0.926. The fraction of sp³-hybridized carbons (Fsp3) is 0.500. The lowest BCUT2D eigenvalue weighted by Crippen LogP contribution is -2.42. The molecule has 1 rings (SSSR count). The Morgan fingerprint density at radius 2 is 2.18 bits per heavy atom. The molecule has 1 aromatic heterocycles. The van der Waals surface area contributed by atoms with Crippen molar-refractivity contribution in [3.63, 3.8) is 0 Å². The van der Waals surface area contributed by atoms with Crippen LogP contribution in [0.5, 0.6) is 0 Å². The van der Waals surface area contributed by atoms with Crippen LogP contribution in [0.2, 0.25) is 0 Å². The molecular formula is C12H17BrN2O2. The normalized spacial score (nSPS) is 11.4. The van der Waals surface area contributed by atoms with Crippen molar-refractivity contribution in [2.45, 2.75) is 26.4 Å². The van der Waals surface area contributed by atoms with Crippen molar-refractivity contribution < 1.29 is 9.90 Å². The van der Waals surface area contributed by atoms with E-state index in [1.807, 2.05) is 6.92 Å². The highest BCUT2D eigenvalue weighted by Crippen LogP contribution is 2.11. The number of pyridine rings is 1. The summed E-state index contributed by atoms with van der Waals surface area (Å²) in [7, 11) is 0. The maximum absolute atomic E-state index is 12.1. The molecule has 1 amide bonds. The van der Waals surface area contributed by atoms with Crippen LogP contribution in [0.25, 0.3) is 0 Å². The van der Waals surface area contributed by atoms with Gasteiger partial charge in [-0.3, -0.25) is 4.79 Å². The second-order valence-corrected chi connectivity index (χ2v) is 5.41. The molecule has 0 aromatic carbocycles. The molecule has 0 aliphatic rings. The van der Waals surface area contributed by atoms with Crippen molar-refractivity contribution in [3.05, 3.63) is 28.5 Å². The number of carbonyl (C=O) groups excluding carboxylic acids is 1. The van der Waals surface area contributed by atoms with E-state index in [1.54, 1.807) is 37.1 Å². The first-order valence-corrected chi connectivity index (χ1v) is 6.26. The molecule has 0 aliphatic carbocycles. The number of aromatic nitrogens is 1. The van der Waals surface area contributed by atoms with E-state index in [0.717, 1.165) is 4.47 Å². The molecule has 0 bridgehead atoms. The molecule has 94 valence electrons. The molecule has 0 saturated carbocycles. The van der Waals surface area contributed by atoms with E-state index >= 15 is 0 Å². The first-order valence-electron chi connectivity index (χ1n) is 5.46. The van der Waals surface area contributed by atoms with E-state index in [1.165, 1.54) is 0 Å². The summed E-state index contributed by atoms with van der Waals surface area (Å²) in [6.45, 7) is 6.07. The van der Waals surface area contributed by atoms with E-state index in [0.29, 0.717) is 18.8 Å². The second-order valence-electron chi connectivity index (χ2n) is 4.49. The fourth-order valence-electron chi connectivity index (χ4n) is 1.46. The molecule has 0 radical (unpaired) electrons. The smallest absolute Gasteiger partial charge is 0.272 e. The zero-order chi connectivity index (χ0) is 13.1. The molecule has 4 nitrogen and oxygen atoms in total. The van der Waals surface area contributed by atoms with Gasteiger partial charge in [-0.2, -0.15) is 0 Å². The number of hydrogen-bond donors (Lipinski definition) is 1. The number of halogens is 1. The average Bonchev–Trinajstić information content (AvgIpc) is 2.25. The zero-order valence-electron chi connectivity index (χ0n) is 10.3. The average molecular weight is 301 g/mol. The maximum Gasteiger partial charge on any atom is 0.272 e. The Morgan fingerprint density at radius 3 is 2.59 bits per heavy atom. The van der Waals surface area contributed by atoms with Crippen molar-refractivity contribution in [2.75, 3.05) is 13.1 Å². The van der Waals surface area contributed by atoms with Gasteiger partial charge in [0.15, 0.2) is 0 Å². The first-order chi connectivity index (χ1) is 7.83. The summed E-state index contributed by atoms with van der Waals surface area (Å²) in [6.07, 6.45) is 1.59. The maximum atomic E-state index is 12.1. The van der Waals surface area contributed by atoms with Gasteiger partial charge in [-0.05, 0) is 48.8 Å². The van der Waals surface area contributed by atoms with Crippen LogP contribution in [0.15, 0.2) is 22.8 Å². The molecule has 1 N–H and O–H groups in total. The Hall–Kier alpha value is -0.940. The number of rotatable bonds is 4. The van der Waals surface area contributed by atoms with Gasteiger partial charge in [0, 0.05) is 23.8 Å². The van der Waals surface area contributed by atoms with Crippen LogP contribution in [0.3, 0.4) is 0 Å². The third kappa shape index (κ3) is 4.44. The summed E-state index contributed by atoms with van der Waals surface area (Å²) in [4.78, 5) is 17.7. The summed E-state index contributed by atoms with van der Waals surface area (Å²) in [5.74, 6) is -0.165. The predicted octanol–water partition coefficient (Wildman–Crippen LogP) is 2.08. The van der Waals surface area contributed by atoms with Gasteiger partial charge in [0.2, 0.25) is 0 Å². The van der Waals surface area contributed by atoms with Crippen molar-refractivity contribution in [1.82, 2.24) is 9.88 Å². The minimum absolute atomic E-state index is 0.165. The Balaban J connectivity index is 2.83. The highest BCUT2D eigenvalue weighted by atomic mass is 79.9. The summed E-state index contributed by atoms with van der Waals surface area (Å²) >= 11 is 3.27. The van der Waals surface area contributed by atoms with Crippen LogP contribution in [0.1, 0.15) is 31.3 Å². The van der Waals surface area contributed by atoms with Crippen molar-refractivity contribution in [1.29, 1.82) is 0 Å². The van der Waals surface area contributed by atoms with Crippen LogP contribution in [-0.4, -0.2) is 39.6 Å². The van der Waals surface area contributed by atoms with Gasteiger partial charge in [-0.1, -0.05) is 0 Å². The van der Waals surface area contributed by atoms with Gasteiger partial charge in [0.05, 0.1) is 5.60 Å². The lowest BCUT2D eigenvalue weighted by atomic mass is 10.1.